The molecule has 0 N–H and O–H groups in total. The van der Waals surface area contributed by atoms with Crippen LogP contribution in [0.2, 0.25) is 0 Å². The van der Waals surface area contributed by atoms with E-state index >= 15 is 0 Å². The molecule has 0 atom stereocenters. The maximum Gasteiger partial charge on any atom is 0.153 e. The standard InChI is InChI=1S/C8H7IN4/c1-6-10-11-12-13(6)8-4-2-3-7(9)5-8/h2-5H,1H3. The highest BCUT2D eigenvalue weighted by atomic mass is 127. The van der Waals surface area contributed by atoms with Crippen LogP contribution in [0.15, 0.2) is 24.3 Å². The highest BCUT2D eigenvalue weighted by Crippen LogP contribution is 2.11. The quantitative estimate of drug-likeness (QED) is 0.747. The second-order valence-electron chi connectivity index (χ2n) is 2.62. The Hall–Kier alpha value is -0.980. The summed E-state index contributed by atoms with van der Waals surface area (Å²) in [6, 6.07) is 8.03. The fourth-order valence-corrected chi connectivity index (χ4v) is 1.60. The van der Waals surface area contributed by atoms with E-state index in [9.17, 15) is 0 Å². The lowest BCUT2D eigenvalue weighted by molar-refractivity contribution is 0.779. The summed E-state index contributed by atoms with van der Waals surface area (Å²) in [7, 11) is 0. The van der Waals surface area contributed by atoms with Crippen LogP contribution in [0, 0.1) is 10.5 Å². The highest BCUT2D eigenvalue weighted by Gasteiger charge is 2.02. The minimum atomic E-state index is 0.794. The lowest BCUT2D eigenvalue weighted by Gasteiger charge is -2.00. The smallest absolute Gasteiger partial charge is 0.153 e. The topological polar surface area (TPSA) is 43.6 Å². The first-order chi connectivity index (χ1) is 6.27. The molecule has 4 nitrogen and oxygen atoms in total. The van der Waals surface area contributed by atoms with E-state index in [-0.39, 0.29) is 0 Å². The van der Waals surface area contributed by atoms with Crippen LogP contribution >= 0.6 is 22.6 Å². The van der Waals surface area contributed by atoms with Crippen molar-refractivity contribution in [1.29, 1.82) is 0 Å². The van der Waals surface area contributed by atoms with E-state index in [4.69, 9.17) is 0 Å². The third-order valence-corrected chi connectivity index (χ3v) is 2.35. The average Bonchev–Trinajstić information content (AvgIpc) is 2.51. The summed E-state index contributed by atoms with van der Waals surface area (Å²) in [6.07, 6.45) is 0. The molecule has 0 aliphatic heterocycles. The van der Waals surface area contributed by atoms with Crippen LogP contribution in [-0.4, -0.2) is 20.2 Å². The largest absolute Gasteiger partial charge is 0.198 e. The van der Waals surface area contributed by atoms with Crippen LogP contribution in [0.5, 0.6) is 0 Å². The van der Waals surface area contributed by atoms with Gasteiger partial charge in [-0.05, 0) is 58.1 Å². The number of halogens is 1. The first kappa shape index (κ1) is 8.61. The molecule has 0 saturated carbocycles. The Bertz CT molecular complexity index is 424. The second kappa shape index (κ2) is 3.41. The molecule has 2 aromatic rings. The zero-order valence-corrected chi connectivity index (χ0v) is 9.13. The van der Waals surface area contributed by atoms with E-state index in [1.165, 1.54) is 3.57 Å². The van der Waals surface area contributed by atoms with E-state index in [1.54, 1.807) is 4.68 Å². The number of hydrogen-bond acceptors (Lipinski definition) is 3. The van der Waals surface area contributed by atoms with Crippen molar-refractivity contribution in [3.63, 3.8) is 0 Å². The van der Waals surface area contributed by atoms with Gasteiger partial charge in [0.2, 0.25) is 0 Å². The maximum atomic E-state index is 3.88. The van der Waals surface area contributed by atoms with Crippen molar-refractivity contribution in [2.45, 2.75) is 6.92 Å². The Morgan fingerprint density at radius 1 is 1.38 bits per heavy atom. The molecule has 0 fully saturated rings. The number of benzene rings is 1. The van der Waals surface area contributed by atoms with Gasteiger partial charge in [-0.3, -0.25) is 0 Å². The van der Waals surface area contributed by atoms with Gasteiger partial charge in [0, 0.05) is 3.57 Å². The molecular formula is C8H7IN4. The number of nitrogens with zero attached hydrogens (tertiary/aromatic N) is 4. The summed E-state index contributed by atoms with van der Waals surface area (Å²) in [6.45, 7) is 1.87. The van der Waals surface area contributed by atoms with Gasteiger partial charge in [-0.2, -0.15) is 4.68 Å². The summed E-state index contributed by atoms with van der Waals surface area (Å²) in [4.78, 5) is 0. The lowest BCUT2D eigenvalue weighted by atomic mass is 10.3. The normalized spacial score (nSPS) is 10.3. The van der Waals surface area contributed by atoms with Crippen LogP contribution in [0.1, 0.15) is 5.82 Å². The van der Waals surface area contributed by atoms with Crippen molar-refractivity contribution in [2.75, 3.05) is 0 Å². The molecule has 1 aromatic heterocycles. The summed E-state index contributed by atoms with van der Waals surface area (Å²) in [5.74, 6) is 0.794. The summed E-state index contributed by atoms with van der Waals surface area (Å²) >= 11 is 2.26. The second-order valence-corrected chi connectivity index (χ2v) is 3.86. The number of rotatable bonds is 1. The number of tetrazole rings is 1. The third kappa shape index (κ3) is 1.69. The molecule has 66 valence electrons. The minimum Gasteiger partial charge on any atom is -0.198 e. The molecular weight excluding hydrogens is 279 g/mol. The molecule has 0 spiro atoms. The fourth-order valence-electron chi connectivity index (χ4n) is 1.08. The van der Waals surface area contributed by atoms with Crippen molar-refractivity contribution in [3.8, 4) is 5.69 Å². The van der Waals surface area contributed by atoms with Crippen molar-refractivity contribution >= 4 is 22.6 Å². The molecule has 1 heterocycles. The lowest BCUT2D eigenvalue weighted by Crippen LogP contribution is -1.99. The third-order valence-electron chi connectivity index (χ3n) is 1.68. The molecule has 0 radical (unpaired) electrons. The molecule has 0 aliphatic rings. The number of aromatic nitrogens is 4. The Kier molecular flexibility index (Phi) is 2.26. The van der Waals surface area contributed by atoms with Gasteiger partial charge in [0.25, 0.3) is 0 Å². The molecule has 1 aromatic carbocycles. The predicted molar refractivity (Wildman–Crippen MR) is 56.6 cm³/mol. The van der Waals surface area contributed by atoms with Crippen LogP contribution in [-0.2, 0) is 0 Å². The van der Waals surface area contributed by atoms with Gasteiger partial charge in [0.15, 0.2) is 5.82 Å². The average molecular weight is 286 g/mol. The molecule has 0 bridgehead atoms. The van der Waals surface area contributed by atoms with Crippen LogP contribution in [0.4, 0.5) is 0 Å². The Labute approximate surface area is 89.1 Å². The number of aryl methyl sites for hydroxylation is 1. The van der Waals surface area contributed by atoms with Gasteiger partial charge in [-0.25, -0.2) is 0 Å². The molecule has 0 unspecified atom stereocenters. The van der Waals surface area contributed by atoms with Gasteiger partial charge in [-0.1, -0.05) is 6.07 Å². The van der Waals surface area contributed by atoms with Crippen molar-refractivity contribution < 1.29 is 0 Å². The predicted octanol–water partition coefficient (Wildman–Crippen LogP) is 1.58. The van der Waals surface area contributed by atoms with E-state index in [0.29, 0.717) is 0 Å². The van der Waals surface area contributed by atoms with Gasteiger partial charge in [-0.15, -0.1) is 5.10 Å². The molecule has 0 aliphatic carbocycles. The van der Waals surface area contributed by atoms with Crippen LogP contribution in [0.3, 0.4) is 0 Å². The SMILES string of the molecule is Cc1nnnn1-c1cccc(I)c1. The van der Waals surface area contributed by atoms with E-state index < -0.39 is 0 Å². The Morgan fingerprint density at radius 2 is 2.23 bits per heavy atom. The van der Waals surface area contributed by atoms with Gasteiger partial charge in [0.1, 0.15) is 0 Å². The fraction of sp³-hybridized carbons (Fsp3) is 0.125. The van der Waals surface area contributed by atoms with Gasteiger partial charge < -0.3 is 0 Å². The van der Waals surface area contributed by atoms with Crippen molar-refractivity contribution in [3.05, 3.63) is 33.7 Å². The summed E-state index contributed by atoms with van der Waals surface area (Å²) in [5, 5.41) is 11.3. The van der Waals surface area contributed by atoms with Crippen molar-refractivity contribution in [1.82, 2.24) is 20.2 Å². The van der Waals surface area contributed by atoms with E-state index in [0.717, 1.165) is 11.5 Å². The maximum absolute atomic E-state index is 3.88. The van der Waals surface area contributed by atoms with E-state index in [1.807, 2.05) is 31.2 Å². The number of hydrogen-bond donors (Lipinski definition) is 0. The highest BCUT2D eigenvalue weighted by molar-refractivity contribution is 14.1. The molecule has 2 rings (SSSR count). The molecule has 13 heavy (non-hydrogen) atoms. The molecule has 0 saturated heterocycles. The van der Waals surface area contributed by atoms with Gasteiger partial charge >= 0.3 is 0 Å². The zero-order chi connectivity index (χ0) is 9.26. The minimum absolute atomic E-state index is 0.794. The van der Waals surface area contributed by atoms with Gasteiger partial charge in [0.05, 0.1) is 5.69 Å². The van der Waals surface area contributed by atoms with Crippen molar-refractivity contribution in [2.24, 2.45) is 0 Å². The summed E-state index contributed by atoms with van der Waals surface area (Å²) in [5.41, 5.74) is 0.995. The zero-order valence-electron chi connectivity index (χ0n) is 6.98. The Morgan fingerprint density at radius 3 is 2.85 bits per heavy atom. The monoisotopic (exact) mass is 286 g/mol. The molecule has 0 amide bonds. The van der Waals surface area contributed by atoms with Crippen LogP contribution in [0.25, 0.3) is 5.69 Å². The van der Waals surface area contributed by atoms with Crippen LogP contribution < -0.4 is 0 Å². The Balaban J connectivity index is 2.53. The first-order valence-electron chi connectivity index (χ1n) is 3.78. The van der Waals surface area contributed by atoms with E-state index in [2.05, 4.69) is 38.1 Å². The first-order valence-corrected chi connectivity index (χ1v) is 4.86. The molecule has 5 heteroatoms. The summed E-state index contributed by atoms with van der Waals surface area (Å²) < 4.78 is 2.88.